The van der Waals surface area contributed by atoms with Crippen molar-refractivity contribution in [2.45, 2.75) is 45.7 Å². The van der Waals surface area contributed by atoms with Gasteiger partial charge in [-0.05, 0) is 40.7 Å². The highest BCUT2D eigenvalue weighted by Gasteiger charge is 2.30. The zero-order valence-electron chi connectivity index (χ0n) is 8.50. The van der Waals surface area contributed by atoms with E-state index in [-0.39, 0.29) is 0 Å². The molecular formula is C10H19NO. The molecule has 2 heteroatoms. The Morgan fingerprint density at radius 3 is 2.00 bits per heavy atom. The minimum Gasteiger partial charge on any atom is -0.301 e. The van der Waals surface area contributed by atoms with Crippen LogP contribution >= 0.6 is 0 Å². The first kappa shape index (κ1) is 9.72. The largest absolute Gasteiger partial charge is 0.301 e. The fourth-order valence-corrected chi connectivity index (χ4v) is 2.02. The van der Waals surface area contributed by atoms with E-state index in [9.17, 15) is 4.79 Å². The van der Waals surface area contributed by atoms with Gasteiger partial charge in [0.2, 0.25) is 0 Å². The highest BCUT2D eigenvalue weighted by Crippen LogP contribution is 2.26. The van der Waals surface area contributed by atoms with Crippen LogP contribution in [-0.2, 0) is 4.79 Å². The second-order valence-corrected chi connectivity index (χ2v) is 4.14. The van der Waals surface area contributed by atoms with Gasteiger partial charge in [0.15, 0.2) is 0 Å². The molecule has 0 aliphatic carbocycles. The lowest BCUT2D eigenvalue weighted by molar-refractivity contribution is -0.123. The Balaban J connectivity index is 2.59. The summed E-state index contributed by atoms with van der Waals surface area (Å²) in [7, 11) is 2.14. The topological polar surface area (TPSA) is 20.3 Å². The van der Waals surface area contributed by atoms with Gasteiger partial charge in [0.1, 0.15) is 5.78 Å². The van der Waals surface area contributed by atoms with E-state index in [1.54, 1.807) is 6.92 Å². The van der Waals surface area contributed by atoms with Gasteiger partial charge in [-0.1, -0.05) is 0 Å². The Morgan fingerprint density at radius 1 is 1.25 bits per heavy atom. The van der Waals surface area contributed by atoms with Gasteiger partial charge < -0.3 is 4.90 Å². The number of hydrogen-bond acceptors (Lipinski definition) is 2. The maximum atomic E-state index is 11.2. The minimum atomic E-state index is 0.311. The predicted octanol–water partition coefficient (Wildman–Crippen LogP) is 1.69. The Morgan fingerprint density at radius 2 is 1.67 bits per heavy atom. The lowest BCUT2D eigenvalue weighted by Gasteiger charge is -2.39. The molecule has 1 aliphatic rings. The van der Waals surface area contributed by atoms with E-state index >= 15 is 0 Å². The molecule has 0 amide bonds. The maximum absolute atomic E-state index is 11.2. The average molecular weight is 169 g/mol. The third kappa shape index (κ3) is 1.86. The van der Waals surface area contributed by atoms with Gasteiger partial charge in [0.05, 0.1) is 0 Å². The molecule has 1 heterocycles. The average Bonchev–Trinajstić information content (AvgIpc) is 1.99. The van der Waals surface area contributed by atoms with Crippen LogP contribution in [0.1, 0.15) is 33.6 Å². The van der Waals surface area contributed by atoms with Crippen LogP contribution in [0.5, 0.6) is 0 Å². The standard InChI is InChI=1S/C10H19NO/c1-7-5-10(9(3)12)6-8(2)11(7)4/h7-8,10H,5-6H2,1-4H3. The van der Waals surface area contributed by atoms with Crippen LogP contribution < -0.4 is 0 Å². The zero-order valence-corrected chi connectivity index (χ0v) is 8.50. The van der Waals surface area contributed by atoms with Gasteiger partial charge in [-0.15, -0.1) is 0 Å². The molecule has 0 aromatic rings. The molecule has 70 valence electrons. The highest BCUT2D eigenvalue weighted by molar-refractivity contribution is 5.78. The molecule has 1 saturated heterocycles. The molecule has 2 atom stereocenters. The second-order valence-electron chi connectivity index (χ2n) is 4.14. The molecule has 0 N–H and O–H groups in total. The highest BCUT2D eigenvalue weighted by atomic mass is 16.1. The van der Waals surface area contributed by atoms with Crippen LogP contribution in [0.3, 0.4) is 0 Å². The first-order chi connectivity index (χ1) is 5.52. The summed E-state index contributed by atoms with van der Waals surface area (Å²) in [6.45, 7) is 6.12. The Labute approximate surface area is 74.9 Å². The van der Waals surface area contributed by atoms with Crippen molar-refractivity contribution in [1.82, 2.24) is 4.90 Å². The van der Waals surface area contributed by atoms with Crippen LogP contribution in [0, 0.1) is 5.92 Å². The number of hydrogen-bond donors (Lipinski definition) is 0. The van der Waals surface area contributed by atoms with Crippen LogP contribution in [0.25, 0.3) is 0 Å². The molecule has 0 bridgehead atoms. The van der Waals surface area contributed by atoms with E-state index in [2.05, 4.69) is 25.8 Å². The minimum absolute atomic E-state index is 0.311. The molecule has 2 nitrogen and oxygen atoms in total. The molecule has 1 rings (SSSR count). The van der Waals surface area contributed by atoms with Gasteiger partial charge >= 0.3 is 0 Å². The number of carbonyl (C=O) groups excluding carboxylic acids is 1. The summed E-state index contributed by atoms with van der Waals surface area (Å²) in [5, 5.41) is 0. The molecule has 0 aromatic heterocycles. The number of carbonyl (C=O) groups is 1. The van der Waals surface area contributed by atoms with E-state index in [0.717, 1.165) is 12.8 Å². The van der Waals surface area contributed by atoms with Gasteiger partial charge in [-0.3, -0.25) is 4.79 Å². The van der Waals surface area contributed by atoms with Crippen molar-refractivity contribution in [1.29, 1.82) is 0 Å². The van der Waals surface area contributed by atoms with Crippen molar-refractivity contribution in [2.75, 3.05) is 7.05 Å². The lowest BCUT2D eigenvalue weighted by atomic mass is 9.85. The predicted molar refractivity (Wildman–Crippen MR) is 50.1 cm³/mol. The molecule has 12 heavy (non-hydrogen) atoms. The summed E-state index contributed by atoms with van der Waals surface area (Å²) in [5.74, 6) is 0.674. The molecule has 0 saturated carbocycles. The monoisotopic (exact) mass is 169 g/mol. The van der Waals surface area contributed by atoms with Crippen LogP contribution in [0.15, 0.2) is 0 Å². The molecule has 0 aromatic carbocycles. The molecule has 0 radical (unpaired) electrons. The first-order valence-electron chi connectivity index (χ1n) is 4.74. The van der Waals surface area contributed by atoms with E-state index in [1.807, 2.05) is 0 Å². The smallest absolute Gasteiger partial charge is 0.133 e. The summed E-state index contributed by atoms with van der Waals surface area (Å²) in [6, 6.07) is 1.12. The third-order valence-electron chi connectivity index (χ3n) is 3.22. The summed E-state index contributed by atoms with van der Waals surface area (Å²) in [4.78, 5) is 13.5. The molecule has 0 spiro atoms. The quantitative estimate of drug-likeness (QED) is 0.595. The van der Waals surface area contributed by atoms with E-state index in [1.165, 1.54) is 0 Å². The number of Topliss-reactive ketones (excluding diaryl/α,β-unsaturated/α-hetero) is 1. The normalized spacial score (nSPS) is 38.2. The Hall–Kier alpha value is -0.370. The molecule has 1 aliphatic heterocycles. The lowest BCUT2D eigenvalue weighted by Crippen LogP contribution is -2.45. The van der Waals surface area contributed by atoms with Crippen LogP contribution in [0.4, 0.5) is 0 Å². The third-order valence-corrected chi connectivity index (χ3v) is 3.22. The van der Waals surface area contributed by atoms with Crippen LogP contribution in [0.2, 0.25) is 0 Å². The van der Waals surface area contributed by atoms with Gasteiger partial charge in [0, 0.05) is 18.0 Å². The Bertz CT molecular complexity index is 167. The number of rotatable bonds is 1. The van der Waals surface area contributed by atoms with E-state index in [0.29, 0.717) is 23.8 Å². The van der Waals surface area contributed by atoms with Crippen molar-refractivity contribution in [3.8, 4) is 0 Å². The van der Waals surface area contributed by atoms with Gasteiger partial charge in [-0.25, -0.2) is 0 Å². The summed E-state index contributed by atoms with van der Waals surface area (Å²) in [6.07, 6.45) is 2.08. The molecule has 1 fully saturated rings. The van der Waals surface area contributed by atoms with Gasteiger partial charge in [-0.2, -0.15) is 0 Å². The summed E-state index contributed by atoms with van der Waals surface area (Å²) >= 11 is 0. The zero-order chi connectivity index (χ0) is 9.30. The fourth-order valence-electron chi connectivity index (χ4n) is 2.02. The first-order valence-corrected chi connectivity index (χ1v) is 4.74. The van der Waals surface area contributed by atoms with Crippen molar-refractivity contribution >= 4 is 5.78 Å². The van der Waals surface area contributed by atoms with Crippen molar-refractivity contribution < 1.29 is 4.79 Å². The summed E-state index contributed by atoms with van der Waals surface area (Å²) < 4.78 is 0. The number of ketones is 1. The number of piperidine rings is 1. The van der Waals surface area contributed by atoms with Crippen molar-refractivity contribution in [2.24, 2.45) is 5.92 Å². The Kier molecular flexibility index (Phi) is 2.89. The van der Waals surface area contributed by atoms with Crippen molar-refractivity contribution in [3.05, 3.63) is 0 Å². The molecular weight excluding hydrogens is 150 g/mol. The number of nitrogens with zero attached hydrogens (tertiary/aromatic N) is 1. The number of likely N-dealkylation sites (tertiary alicyclic amines) is 1. The second kappa shape index (κ2) is 3.56. The van der Waals surface area contributed by atoms with Crippen molar-refractivity contribution in [3.63, 3.8) is 0 Å². The maximum Gasteiger partial charge on any atom is 0.133 e. The van der Waals surface area contributed by atoms with Crippen LogP contribution in [-0.4, -0.2) is 29.8 Å². The summed E-state index contributed by atoms with van der Waals surface area (Å²) in [5.41, 5.74) is 0. The SMILES string of the molecule is CC(=O)C1CC(C)N(C)C(C)C1. The molecule has 2 unspecified atom stereocenters. The van der Waals surface area contributed by atoms with Gasteiger partial charge in [0.25, 0.3) is 0 Å². The van der Waals surface area contributed by atoms with E-state index in [4.69, 9.17) is 0 Å². The fraction of sp³-hybridized carbons (Fsp3) is 0.900. The van der Waals surface area contributed by atoms with E-state index < -0.39 is 0 Å².